The predicted octanol–water partition coefficient (Wildman–Crippen LogP) is 1.28. The lowest BCUT2D eigenvalue weighted by Crippen LogP contribution is -2.44. The van der Waals surface area contributed by atoms with Gasteiger partial charge < -0.3 is 10.6 Å². The monoisotopic (exact) mass is 407 g/mol. The van der Waals surface area contributed by atoms with Crippen LogP contribution in [0.1, 0.15) is 5.56 Å². The number of nitrogens with one attached hydrogen (secondary N) is 2. The fraction of sp³-hybridized carbons (Fsp3) is 0.444. The number of aliphatic imine (C=N–C) groups is 1. The minimum absolute atomic E-state index is 0.0660. The molecule has 0 saturated carbocycles. The van der Waals surface area contributed by atoms with Gasteiger partial charge in [0.15, 0.2) is 5.96 Å². The maximum Gasteiger partial charge on any atom is 0.215 e. The van der Waals surface area contributed by atoms with E-state index in [0.717, 1.165) is 28.0 Å². The molecule has 0 aliphatic carbocycles. The molecule has 0 spiro atoms. The van der Waals surface area contributed by atoms with Crippen LogP contribution in [0.2, 0.25) is 0 Å². The molecule has 2 N–H and O–H groups in total. The third-order valence-electron chi connectivity index (χ3n) is 4.43. The molecule has 0 unspecified atom stereocenters. The molecule has 1 fully saturated rings. The molecule has 0 radical (unpaired) electrons. The van der Waals surface area contributed by atoms with E-state index in [1.807, 2.05) is 30.3 Å². The molecule has 1 aromatic carbocycles. The van der Waals surface area contributed by atoms with Gasteiger partial charge in [-0.2, -0.15) is 11.8 Å². The van der Waals surface area contributed by atoms with Crippen molar-refractivity contribution in [1.82, 2.24) is 19.9 Å². The predicted molar refractivity (Wildman–Crippen MR) is 113 cm³/mol. The van der Waals surface area contributed by atoms with Gasteiger partial charge in [0.1, 0.15) is 0 Å². The van der Waals surface area contributed by atoms with Crippen molar-refractivity contribution in [3.63, 3.8) is 0 Å². The first-order valence-electron chi connectivity index (χ1n) is 8.93. The molecule has 2 aromatic rings. The smallest absolute Gasteiger partial charge is 0.215 e. The first-order chi connectivity index (χ1) is 13.1. The summed E-state index contributed by atoms with van der Waals surface area (Å²) in [5, 5.41) is 7.43. The average molecular weight is 408 g/mol. The van der Waals surface area contributed by atoms with Crippen molar-refractivity contribution < 1.29 is 8.42 Å². The number of thioether (sulfide) groups is 1. The minimum Gasteiger partial charge on any atom is -0.355 e. The van der Waals surface area contributed by atoms with Gasteiger partial charge in [0.05, 0.1) is 11.3 Å². The van der Waals surface area contributed by atoms with Gasteiger partial charge in [0.2, 0.25) is 10.0 Å². The van der Waals surface area contributed by atoms with E-state index >= 15 is 0 Å². The van der Waals surface area contributed by atoms with E-state index in [9.17, 15) is 8.42 Å². The number of guanidine groups is 1. The van der Waals surface area contributed by atoms with E-state index in [4.69, 9.17) is 0 Å². The zero-order valence-electron chi connectivity index (χ0n) is 15.4. The van der Waals surface area contributed by atoms with Crippen molar-refractivity contribution in [3.8, 4) is 0 Å². The third kappa shape index (κ3) is 5.33. The Hall–Kier alpha value is -1.84. The highest BCUT2D eigenvalue weighted by atomic mass is 32.2. The highest BCUT2D eigenvalue weighted by Crippen LogP contribution is 2.16. The second-order valence-electron chi connectivity index (χ2n) is 6.17. The second-order valence-corrected chi connectivity index (χ2v) is 9.48. The summed E-state index contributed by atoms with van der Waals surface area (Å²) in [7, 11) is -1.54. The first-order valence-corrected chi connectivity index (χ1v) is 11.7. The van der Waals surface area contributed by atoms with Gasteiger partial charge in [0.25, 0.3) is 0 Å². The maximum absolute atomic E-state index is 12.4. The van der Waals surface area contributed by atoms with Crippen LogP contribution in [-0.4, -0.2) is 67.6 Å². The molecule has 2 heterocycles. The van der Waals surface area contributed by atoms with Gasteiger partial charge in [-0.3, -0.25) is 9.98 Å². The summed E-state index contributed by atoms with van der Waals surface area (Å²) in [4.78, 5) is 8.55. The minimum atomic E-state index is -3.22. The molecule has 0 amide bonds. The number of para-hydroxylation sites is 1. The number of hydrogen-bond donors (Lipinski definition) is 2. The average Bonchev–Trinajstić information content (AvgIpc) is 2.71. The van der Waals surface area contributed by atoms with Gasteiger partial charge in [-0.05, 0) is 17.7 Å². The Morgan fingerprint density at radius 2 is 2.00 bits per heavy atom. The number of nitrogens with zero attached hydrogens (tertiary/aromatic N) is 3. The Morgan fingerprint density at radius 3 is 2.78 bits per heavy atom. The molecule has 1 aliphatic heterocycles. The van der Waals surface area contributed by atoms with E-state index in [-0.39, 0.29) is 5.75 Å². The van der Waals surface area contributed by atoms with E-state index < -0.39 is 10.0 Å². The molecule has 7 nitrogen and oxygen atoms in total. The van der Waals surface area contributed by atoms with E-state index in [2.05, 4.69) is 20.6 Å². The summed E-state index contributed by atoms with van der Waals surface area (Å²) in [6, 6.07) is 9.95. The summed E-state index contributed by atoms with van der Waals surface area (Å²) < 4.78 is 26.4. The normalized spacial score (nSPS) is 16.4. The summed E-state index contributed by atoms with van der Waals surface area (Å²) in [5.74, 6) is 2.39. The van der Waals surface area contributed by atoms with Gasteiger partial charge in [0, 0.05) is 56.3 Å². The lowest BCUT2D eigenvalue weighted by Gasteiger charge is -2.25. The Bertz CT molecular complexity index is 890. The van der Waals surface area contributed by atoms with Crippen LogP contribution in [0.15, 0.2) is 41.5 Å². The Kier molecular flexibility index (Phi) is 6.92. The number of rotatable bonds is 6. The van der Waals surface area contributed by atoms with Crippen molar-refractivity contribution in [2.75, 3.05) is 43.9 Å². The second kappa shape index (κ2) is 9.38. The Morgan fingerprint density at radius 1 is 1.22 bits per heavy atom. The molecule has 146 valence electrons. The summed E-state index contributed by atoms with van der Waals surface area (Å²) >= 11 is 1.80. The number of sulfonamides is 1. The van der Waals surface area contributed by atoms with Gasteiger partial charge >= 0.3 is 0 Å². The largest absolute Gasteiger partial charge is 0.355 e. The van der Waals surface area contributed by atoms with Crippen LogP contribution in [0.25, 0.3) is 10.9 Å². The van der Waals surface area contributed by atoms with Crippen molar-refractivity contribution in [3.05, 3.63) is 42.1 Å². The van der Waals surface area contributed by atoms with Crippen LogP contribution in [0.5, 0.6) is 0 Å². The molecule has 27 heavy (non-hydrogen) atoms. The molecule has 9 heteroatoms. The quantitative estimate of drug-likeness (QED) is 0.554. The fourth-order valence-corrected chi connectivity index (χ4v) is 5.45. The van der Waals surface area contributed by atoms with Gasteiger partial charge in [-0.25, -0.2) is 12.7 Å². The van der Waals surface area contributed by atoms with Crippen LogP contribution in [0.3, 0.4) is 0 Å². The zero-order chi connectivity index (χ0) is 19.1. The molecular weight excluding hydrogens is 382 g/mol. The third-order valence-corrected chi connectivity index (χ3v) is 7.24. The van der Waals surface area contributed by atoms with Crippen molar-refractivity contribution in [2.24, 2.45) is 4.99 Å². The van der Waals surface area contributed by atoms with E-state index in [1.165, 1.54) is 0 Å². The highest BCUT2D eigenvalue weighted by molar-refractivity contribution is 7.99. The lowest BCUT2D eigenvalue weighted by atomic mass is 10.1. The van der Waals surface area contributed by atoms with Crippen molar-refractivity contribution in [1.29, 1.82) is 0 Å². The zero-order valence-corrected chi connectivity index (χ0v) is 17.0. The summed E-state index contributed by atoms with van der Waals surface area (Å²) in [5.41, 5.74) is 2.06. The van der Waals surface area contributed by atoms with Crippen LogP contribution in [-0.2, 0) is 16.6 Å². The first kappa shape index (κ1) is 19.9. The fourth-order valence-electron chi connectivity index (χ4n) is 2.96. The standard InChI is InChI=1S/C18H25N5O2S2/c1-19-18(21-8-13-27(24,25)23-9-11-26-12-10-23)22-14-15-6-7-20-17-5-3-2-4-16(15)17/h2-7H,8-14H2,1H3,(H2,19,21,22). The molecule has 3 rings (SSSR count). The van der Waals surface area contributed by atoms with E-state index in [1.54, 1.807) is 29.3 Å². The van der Waals surface area contributed by atoms with Crippen molar-refractivity contribution in [2.45, 2.75) is 6.54 Å². The lowest BCUT2D eigenvalue weighted by molar-refractivity contribution is 0.443. The summed E-state index contributed by atoms with van der Waals surface area (Å²) in [6.07, 6.45) is 1.79. The molecule has 1 aromatic heterocycles. The number of pyridine rings is 1. The number of benzene rings is 1. The molecule has 1 saturated heterocycles. The molecular formula is C18H25N5O2S2. The number of aromatic nitrogens is 1. The molecule has 0 atom stereocenters. The number of fused-ring (bicyclic) bond motifs is 1. The van der Waals surface area contributed by atoms with Crippen LogP contribution >= 0.6 is 11.8 Å². The van der Waals surface area contributed by atoms with Crippen LogP contribution in [0.4, 0.5) is 0 Å². The topological polar surface area (TPSA) is 86.7 Å². The SMILES string of the molecule is CN=C(NCCS(=O)(=O)N1CCSCC1)NCc1ccnc2ccccc12. The molecule has 1 aliphatic rings. The molecule has 0 bridgehead atoms. The number of hydrogen-bond acceptors (Lipinski definition) is 5. The van der Waals surface area contributed by atoms with Gasteiger partial charge in [-0.15, -0.1) is 0 Å². The van der Waals surface area contributed by atoms with Gasteiger partial charge in [-0.1, -0.05) is 18.2 Å². The van der Waals surface area contributed by atoms with Crippen molar-refractivity contribution >= 4 is 38.6 Å². The van der Waals surface area contributed by atoms with Crippen LogP contribution in [0, 0.1) is 0 Å². The van der Waals surface area contributed by atoms with E-state index in [0.29, 0.717) is 32.1 Å². The maximum atomic E-state index is 12.4. The highest BCUT2D eigenvalue weighted by Gasteiger charge is 2.23. The Balaban J connectivity index is 1.52. The van der Waals surface area contributed by atoms with Crippen LogP contribution < -0.4 is 10.6 Å². The summed E-state index contributed by atoms with van der Waals surface area (Å²) in [6.45, 7) is 2.12. The Labute approximate surface area is 164 Å².